The van der Waals surface area contributed by atoms with Gasteiger partial charge in [-0.3, -0.25) is 14.5 Å². The maximum absolute atomic E-state index is 13.5. The van der Waals surface area contributed by atoms with Crippen LogP contribution in [0.4, 0.5) is 28.6 Å². The number of morpholine rings is 1. The van der Waals surface area contributed by atoms with E-state index in [2.05, 4.69) is 15.2 Å². The van der Waals surface area contributed by atoms with E-state index in [9.17, 15) is 9.59 Å². The van der Waals surface area contributed by atoms with E-state index in [1.807, 2.05) is 72.3 Å². The molecular formula is C33H40N6O4. The number of likely N-dealkylation sites (tertiary alicyclic amines) is 1. The maximum atomic E-state index is 13.5. The first kappa shape index (κ1) is 28.9. The van der Waals surface area contributed by atoms with Crippen molar-refractivity contribution >= 4 is 40.4 Å². The number of amides is 2. The molecule has 0 saturated carbocycles. The van der Waals surface area contributed by atoms with Gasteiger partial charge in [-0.2, -0.15) is 0 Å². The molecule has 2 fully saturated rings. The fourth-order valence-electron chi connectivity index (χ4n) is 6.22. The number of anilines is 5. The van der Waals surface area contributed by atoms with Crippen LogP contribution in [0.5, 0.6) is 5.75 Å². The fraction of sp³-hybridized carbons (Fsp3) is 0.424. The second-order valence-electron chi connectivity index (χ2n) is 11.4. The monoisotopic (exact) mass is 584 g/mol. The largest absolute Gasteiger partial charge is 0.492 e. The predicted molar refractivity (Wildman–Crippen MR) is 168 cm³/mol. The zero-order chi connectivity index (χ0) is 29.9. The lowest BCUT2D eigenvalue weighted by Gasteiger charge is -2.36. The molecule has 0 unspecified atom stereocenters. The van der Waals surface area contributed by atoms with Gasteiger partial charge in [-0.1, -0.05) is 12.1 Å². The molecule has 2 saturated heterocycles. The average Bonchev–Trinajstić information content (AvgIpc) is 3.12. The number of benzene rings is 2. The molecule has 3 aliphatic rings. The molecule has 2 aromatic carbocycles. The molecule has 0 radical (unpaired) electrons. The molecule has 4 heterocycles. The highest BCUT2D eigenvalue weighted by atomic mass is 16.5. The van der Waals surface area contributed by atoms with E-state index in [4.69, 9.17) is 9.47 Å². The summed E-state index contributed by atoms with van der Waals surface area (Å²) in [6.45, 7) is 8.65. The number of hydrogen-bond acceptors (Lipinski definition) is 8. The highest BCUT2D eigenvalue weighted by Crippen LogP contribution is 2.40. The molecule has 1 N–H and O–H groups in total. The third kappa shape index (κ3) is 6.03. The maximum Gasteiger partial charge on any atom is 0.260 e. The summed E-state index contributed by atoms with van der Waals surface area (Å²) in [4.78, 5) is 39.3. The molecule has 10 heteroatoms. The summed E-state index contributed by atoms with van der Waals surface area (Å²) in [6.07, 6.45) is 3.74. The molecule has 0 aliphatic carbocycles. The smallest absolute Gasteiger partial charge is 0.260 e. The summed E-state index contributed by atoms with van der Waals surface area (Å²) >= 11 is 0. The summed E-state index contributed by atoms with van der Waals surface area (Å²) in [5, 5.41) is 3.38. The van der Waals surface area contributed by atoms with Crippen molar-refractivity contribution in [3.63, 3.8) is 0 Å². The van der Waals surface area contributed by atoms with E-state index in [1.165, 1.54) is 0 Å². The number of aromatic nitrogens is 1. The molecule has 6 rings (SSSR count). The van der Waals surface area contributed by atoms with E-state index in [0.29, 0.717) is 40.9 Å². The van der Waals surface area contributed by atoms with Crippen molar-refractivity contribution in [2.45, 2.75) is 19.8 Å². The first-order valence-corrected chi connectivity index (χ1v) is 15.2. The quantitative estimate of drug-likeness (QED) is 0.425. The van der Waals surface area contributed by atoms with Crippen LogP contribution in [0.25, 0.3) is 0 Å². The zero-order valence-corrected chi connectivity index (χ0v) is 25.2. The fourth-order valence-corrected chi connectivity index (χ4v) is 6.22. The molecule has 3 aliphatic heterocycles. The molecule has 10 nitrogen and oxygen atoms in total. The summed E-state index contributed by atoms with van der Waals surface area (Å²) in [5.74, 6) is 1.77. The van der Waals surface area contributed by atoms with Crippen LogP contribution in [0.3, 0.4) is 0 Å². The van der Waals surface area contributed by atoms with Gasteiger partial charge in [0.1, 0.15) is 11.6 Å². The van der Waals surface area contributed by atoms with Gasteiger partial charge in [-0.25, -0.2) is 4.98 Å². The van der Waals surface area contributed by atoms with Gasteiger partial charge < -0.3 is 29.5 Å². The number of fused-ring (bicyclic) bond motifs is 2. The normalized spacial score (nSPS) is 17.7. The molecule has 0 bridgehead atoms. The molecule has 1 aromatic heterocycles. The standard InChI is InChI=1S/C33H40N6O4/c1-4-43-30-19-24(32(40)39-13-11-23(12-14-39)22-38-15-17-42-18-16-38)9-10-26(30)35-31-20-28-29(21-34-31)37(3)33(41)25-7-5-6-8-27(25)36(28)2/h5-10,19-21,23H,4,11-18,22H2,1-3H3,(H,34,35). The Labute approximate surface area is 253 Å². The first-order chi connectivity index (χ1) is 20.9. The van der Waals surface area contributed by atoms with Gasteiger partial charge in [0.05, 0.1) is 54.3 Å². The van der Waals surface area contributed by atoms with Crippen molar-refractivity contribution in [2.24, 2.45) is 5.92 Å². The van der Waals surface area contributed by atoms with E-state index >= 15 is 0 Å². The molecule has 2 amide bonds. The molecular weight excluding hydrogens is 544 g/mol. The minimum absolute atomic E-state index is 0.0356. The highest BCUT2D eigenvalue weighted by molar-refractivity contribution is 6.13. The Kier molecular flexibility index (Phi) is 8.49. The van der Waals surface area contributed by atoms with Crippen LogP contribution in [0.15, 0.2) is 54.7 Å². The Balaban J connectivity index is 1.17. The Bertz CT molecular complexity index is 1480. The van der Waals surface area contributed by atoms with Gasteiger partial charge in [0.15, 0.2) is 0 Å². The second-order valence-corrected chi connectivity index (χ2v) is 11.4. The van der Waals surface area contributed by atoms with Crippen LogP contribution in [-0.2, 0) is 4.74 Å². The van der Waals surface area contributed by atoms with Crippen LogP contribution in [0.1, 0.15) is 40.5 Å². The van der Waals surface area contributed by atoms with Crippen LogP contribution in [-0.4, -0.2) is 93.2 Å². The number of piperidine rings is 1. The number of rotatable bonds is 7. The number of carbonyl (C=O) groups is 2. The van der Waals surface area contributed by atoms with Crippen molar-refractivity contribution < 1.29 is 19.1 Å². The summed E-state index contributed by atoms with van der Waals surface area (Å²) < 4.78 is 11.5. The molecule has 0 spiro atoms. The van der Waals surface area contributed by atoms with E-state index in [0.717, 1.165) is 75.8 Å². The highest BCUT2D eigenvalue weighted by Gasteiger charge is 2.29. The topological polar surface area (TPSA) is 90.5 Å². The average molecular weight is 585 g/mol. The van der Waals surface area contributed by atoms with Crippen LogP contribution < -0.4 is 19.9 Å². The summed E-state index contributed by atoms with van der Waals surface area (Å²) in [7, 11) is 3.72. The van der Waals surface area contributed by atoms with E-state index < -0.39 is 0 Å². The Morgan fingerprint density at radius 1 is 0.977 bits per heavy atom. The summed E-state index contributed by atoms with van der Waals surface area (Å²) in [6, 6.07) is 15.1. The predicted octanol–water partition coefficient (Wildman–Crippen LogP) is 4.77. The van der Waals surface area contributed by atoms with Gasteiger partial charge in [-0.05, 0) is 56.0 Å². The van der Waals surface area contributed by atoms with E-state index in [1.54, 1.807) is 18.1 Å². The molecule has 226 valence electrons. The Morgan fingerprint density at radius 2 is 1.74 bits per heavy atom. The SMILES string of the molecule is CCOc1cc(C(=O)N2CCC(CN3CCOCC3)CC2)ccc1Nc1cc2c(cn1)N(C)C(=O)c1ccccc1N2C. The Hall–Kier alpha value is -4.15. The van der Waals surface area contributed by atoms with Gasteiger partial charge in [-0.15, -0.1) is 0 Å². The third-order valence-electron chi connectivity index (χ3n) is 8.70. The number of pyridine rings is 1. The lowest BCUT2D eigenvalue weighted by Crippen LogP contribution is -2.44. The zero-order valence-electron chi connectivity index (χ0n) is 25.2. The molecule has 43 heavy (non-hydrogen) atoms. The second kappa shape index (κ2) is 12.6. The number of nitrogens with one attached hydrogen (secondary N) is 1. The minimum Gasteiger partial charge on any atom is -0.492 e. The lowest BCUT2D eigenvalue weighted by molar-refractivity contribution is 0.0243. The first-order valence-electron chi connectivity index (χ1n) is 15.2. The van der Waals surface area contributed by atoms with Crippen molar-refractivity contribution in [3.05, 3.63) is 65.9 Å². The number of para-hydroxylation sites is 1. The van der Waals surface area contributed by atoms with Crippen molar-refractivity contribution in [2.75, 3.05) is 81.8 Å². The van der Waals surface area contributed by atoms with Crippen LogP contribution >= 0.6 is 0 Å². The van der Waals surface area contributed by atoms with Gasteiger partial charge in [0.25, 0.3) is 11.8 Å². The van der Waals surface area contributed by atoms with Gasteiger partial charge in [0.2, 0.25) is 0 Å². The third-order valence-corrected chi connectivity index (χ3v) is 8.70. The molecule has 3 aromatic rings. The van der Waals surface area contributed by atoms with Gasteiger partial charge >= 0.3 is 0 Å². The minimum atomic E-state index is -0.0797. The number of hydrogen-bond donors (Lipinski definition) is 1. The lowest BCUT2D eigenvalue weighted by atomic mass is 9.95. The number of nitrogens with zero attached hydrogens (tertiary/aromatic N) is 5. The van der Waals surface area contributed by atoms with Crippen molar-refractivity contribution in [1.82, 2.24) is 14.8 Å². The summed E-state index contributed by atoms with van der Waals surface area (Å²) in [5.41, 5.74) is 4.37. The van der Waals surface area contributed by atoms with Crippen molar-refractivity contribution in [1.29, 1.82) is 0 Å². The van der Waals surface area contributed by atoms with Gasteiger partial charge in [0, 0.05) is 58.4 Å². The Morgan fingerprint density at radius 3 is 2.51 bits per heavy atom. The van der Waals surface area contributed by atoms with E-state index in [-0.39, 0.29) is 11.8 Å². The number of carbonyl (C=O) groups excluding carboxylic acids is 2. The van der Waals surface area contributed by atoms with Crippen molar-refractivity contribution in [3.8, 4) is 5.75 Å². The van der Waals surface area contributed by atoms with Crippen LogP contribution in [0.2, 0.25) is 0 Å². The van der Waals surface area contributed by atoms with Crippen LogP contribution in [0, 0.1) is 5.92 Å². The molecule has 0 atom stereocenters. The number of ether oxygens (including phenoxy) is 2.